The lowest BCUT2D eigenvalue weighted by Crippen LogP contribution is -2.41. The second-order valence-electron chi connectivity index (χ2n) is 3.32. The van der Waals surface area contributed by atoms with E-state index in [1.807, 2.05) is 6.92 Å². The standard InChI is InChI=1S/C8H17NS/c1-5-6-8(3,4)9-7(2)10/h5-6H2,1-4H3,(H,9,10). The summed E-state index contributed by atoms with van der Waals surface area (Å²) < 4.78 is 0. The summed E-state index contributed by atoms with van der Waals surface area (Å²) in [6.45, 7) is 8.45. The van der Waals surface area contributed by atoms with Gasteiger partial charge in [-0.15, -0.1) is 0 Å². The summed E-state index contributed by atoms with van der Waals surface area (Å²) in [5.41, 5.74) is 0.181. The smallest absolute Gasteiger partial charge is 0.0725 e. The third-order valence-corrected chi connectivity index (χ3v) is 1.49. The van der Waals surface area contributed by atoms with Gasteiger partial charge in [-0.25, -0.2) is 0 Å². The lowest BCUT2D eigenvalue weighted by Gasteiger charge is -2.26. The predicted molar refractivity (Wildman–Crippen MR) is 50.4 cm³/mol. The predicted octanol–water partition coefficient (Wildman–Crippen LogP) is 2.50. The molecule has 0 amide bonds. The molecule has 60 valence electrons. The Balaban J connectivity index is 3.74. The molecule has 0 unspecified atom stereocenters. The third-order valence-electron chi connectivity index (χ3n) is 1.39. The highest BCUT2D eigenvalue weighted by molar-refractivity contribution is 7.80. The van der Waals surface area contributed by atoms with E-state index >= 15 is 0 Å². The number of rotatable bonds is 3. The van der Waals surface area contributed by atoms with Crippen LogP contribution in [0.3, 0.4) is 0 Å². The normalized spacial score (nSPS) is 11.2. The molecule has 0 aliphatic carbocycles. The van der Waals surface area contributed by atoms with Crippen molar-refractivity contribution in [2.75, 3.05) is 0 Å². The van der Waals surface area contributed by atoms with Crippen LogP contribution in [0.25, 0.3) is 0 Å². The van der Waals surface area contributed by atoms with Gasteiger partial charge in [0, 0.05) is 5.54 Å². The molecule has 0 aromatic carbocycles. The van der Waals surface area contributed by atoms with Crippen LogP contribution in [0, 0.1) is 0 Å². The summed E-state index contributed by atoms with van der Waals surface area (Å²) in [7, 11) is 0. The fourth-order valence-corrected chi connectivity index (χ4v) is 1.44. The molecule has 0 saturated heterocycles. The maximum atomic E-state index is 4.95. The molecule has 0 saturated carbocycles. The number of hydrogen-bond donors (Lipinski definition) is 1. The topological polar surface area (TPSA) is 12.0 Å². The second kappa shape index (κ2) is 3.91. The molecule has 0 aliphatic heterocycles. The lowest BCUT2D eigenvalue weighted by atomic mass is 9.99. The van der Waals surface area contributed by atoms with E-state index in [1.54, 1.807) is 0 Å². The molecule has 0 aromatic rings. The minimum absolute atomic E-state index is 0.181. The zero-order valence-corrected chi connectivity index (χ0v) is 8.14. The molecule has 0 aromatic heterocycles. The Morgan fingerprint density at radius 3 is 2.30 bits per heavy atom. The molecule has 0 atom stereocenters. The Labute approximate surface area is 69.2 Å². The first kappa shape index (κ1) is 9.89. The minimum atomic E-state index is 0.181. The molecule has 0 aliphatic rings. The van der Waals surface area contributed by atoms with Crippen LogP contribution in [0.4, 0.5) is 0 Å². The highest BCUT2D eigenvalue weighted by Gasteiger charge is 2.14. The van der Waals surface area contributed by atoms with E-state index in [2.05, 4.69) is 26.1 Å². The summed E-state index contributed by atoms with van der Waals surface area (Å²) in [6, 6.07) is 0. The molecule has 1 nitrogen and oxygen atoms in total. The average Bonchev–Trinajstić information content (AvgIpc) is 1.59. The fourth-order valence-electron chi connectivity index (χ4n) is 1.16. The molecule has 2 heteroatoms. The van der Waals surface area contributed by atoms with Crippen molar-refractivity contribution in [3.63, 3.8) is 0 Å². The Hall–Kier alpha value is -0.110. The highest BCUT2D eigenvalue weighted by atomic mass is 32.1. The van der Waals surface area contributed by atoms with E-state index < -0.39 is 0 Å². The number of nitrogens with one attached hydrogen (secondary N) is 1. The SMILES string of the molecule is CCCC(C)(C)NC(C)=S. The van der Waals surface area contributed by atoms with Crippen LogP contribution in [-0.4, -0.2) is 10.5 Å². The molecule has 0 spiro atoms. The molecule has 0 heterocycles. The van der Waals surface area contributed by atoms with Crippen molar-refractivity contribution in [1.82, 2.24) is 5.32 Å². The zero-order chi connectivity index (χ0) is 8.20. The van der Waals surface area contributed by atoms with Crippen LogP contribution in [0.5, 0.6) is 0 Å². The van der Waals surface area contributed by atoms with Gasteiger partial charge in [0.1, 0.15) is 0 Å². The van der Waals surface area contributed by atoms with Crippen LogP contribution in [0.1, 0.15) is 40.5 Å². The van der Waals surface area contributed by atoms with Gasteiger partial charge in [0.25, 0.3) is 0 Å². The van der Waals surface area contributed by atoms with Crippen molar-refractivity contribution in [2.24, 2.45) is 0 Å². The van der Waals surface area contributed by atoms with Crippen LogP contribution in [0.2, 0.25) is 0 Å². The first-order valence-corrected chi connectivity index (χ1v) is 4.17. The molecule has 10 heavy (non-hydrogen) atoms. The molecule has 1 N–H and O–H groups in total. The Bertz CT molecular complexity index is 118. The molecular formula is C8H17NS. The Kier molecular flexibility index (Phi) is 3.87. The van der Waals surface area contributed by atoms with Crippen LogP contribution in [-0.2, 0) is 0 Å². The maximum absolute atomic E-state index is 4.95. The third kappa shape index (κ3) is 4.74. The van der Waals surface area contributed by atoms with Gasteiger partial charge < -0.3 is 5.32 Å². The van der Waals surface area contributed by atoms with Crippen molar-refractivity contribution in [2.45, 2.75) is 46.1 Å². The summed E-state index contributed by atoms with van der Waals surface area (Å²) in [5, 5.41) is 3.25. The minimum Gasteiger partial charge on any atom is -0.375 e. The summed E-state index contributed by atoms with van der Waals surface area (Å²) in [6.07, 6.45) is 2.36. The molecule has 0 bridgehead atoms. The van der Waals surface area contributed by atoms with Crippen molar-refractivity contribution >= 4 is 17.2 Å². The highest BCUT2D eigenvalue weighted by Crippen LogP contribution is 2.10. The van der Waals surface area contributed by atoms with Crippen LogP contribution < -0.4 is 5.32 Å². The first-order valence-electron chi connectivity index (χ1n) is 3.76. The molecule has 0 rings (SSSR count). The summed E-state index contributed by atoms with van der Waals surface area (Å²) in [5.74, 6) is 0. The second-order valence-corrected chi connectivity index (χ2v) is 3.93. The number of thiocarbonyl (C=S) groups is 1. The molecule has 0 fully saturated rings. The van der Waals surface area contributed by atoms with E-state index in [4.69, 9.17) is 12.2 Å². The van der Waals surface area contributed by atoms with Gasteiger partial charge in [0.2, 0.25) is 0 Å². The van der Waals surface area contributed by atoms with E-state index in [-0.39, 0.29) is 5.54 Å². The van der Waals surface area contributed by atoms with Gasteiger partial charge >= 0.3 is 0 Å². The first-order chi connectivity index (χ1) is 4.48. The monoisotopic (exact) mass is 159 g/mol. The summed E-state index contributed by atoms with van der Waals surface area (Å²) >= 11 is 4.95. The maximum Gasteiger partial charge on any atom is 0.0725 e. The molecule has 0 radical (unpaired) electrons. The van der Waals surface area contributed by atoms with E-state index in [0.29, 0.717) is 0 Å². The average molecular weight is 159 g/mol. The van der Waals surface area contributed by atoms with Crippen molar-refractivity contribution in [3.05, 3.63) is 0 Å². The number of hydrogen-bond acceptors (Lipinski definition) is 1. The largest absolute Gasteiger partial charge is 0.375 e. The Morgan fingerprint density at radius 2 is 2.00 bits per heavy atom. The zero-order valence-electron chi connectivity index (χ0n) is 7.32. The van der Waals surface area contributed by atoms with Crippen LogP contribution >= 0.6 is 12.2 Å². The van der Waals surface area contributed by atoms with E-state index in [0.717, 1.165) is 4.99 Å². The van der Waals surface area contributed by atoms with Crippen molar-refractivity contribution in [1.29, 1.82) is 0 Å². The fraction of sp³-hybridized carbons (Fsp3) is 0.875. The van der Waals surface area contributed by atoms with Gasteiger partial charge in [-0.3, -0.25) is 0 Å². The van der Waals surface area contributed by atoms with Gasteiger partial charge in [0.05, 0.1) is 4.99 Å². The van der Waals surface area contributed by atoms with E-state index in [1.165, 1.54) is 12.8 Å². The van der Waals surface area contributed by atoms with Gasteiger partial charge in [-0.2, -0.15) is 0 Å². The Morgan fingerprint density at radius 1 is 1.50 bits per heavy atom. The van der Waals surface area contributed by atoms with Crippen molar-refractivity contribution < 1.29 is 0 Å². The van der Waals surface area contributed by atoms with Crippen LogP contribution in [0.15, 0.2) is 0 Å². The van der Waals surface area contributed by atoms with Gasteiger partial charge in [-0.05, 0) is 27.2 Å². The lowest BCUT2D eigenvalue weighted by molar-refractivity contribution is 0.422. The van der Waals surface area contributed by atoms with Crippen molar-refractivity contribution in [3.8, 4) is 0 Å². The van der Waals surface area contributed by atoms with Gasteiger partial charge in [0.15, 0.2) is 0 Å². The van der Waals surface area contributed by atoms with Gasteiger partial charge in [-0.1, -0.05) is 25.6 Å². The summed E-state index contributed by atoms with van der Waals surface area (Å²) in [4.78, 5) is 0.887. The quantitative estimate of drug-likeness (QED) is 0.635. The molecular weight excluding hydrogens is 142 g/mol. The van der Waals surface area contributed by atoms with E-state index in [9.17, 15) is 0 Å².